The number of para-hydroxylation sites is 1. The number of anilines is 1. The Balaban J connectivity index is 1.99. The number of benzene rings is 1. The topological polar surface area (TPSA) is 85.2 Å². The Kier molecular flexibility index (Phi) is 4.33. The van der Waals surface area contributed by atoms with Crippen molar-refractivity contribution in [3.8, 4) is 6.07 Å². The fourth-order valence-corrected chi connectivity index (χ4v) is 2.11. The molecule has 0 saturated carbocycles. The van der Waals surface area contributed by atoms with Crippen LogP contribution in [0.2, 0.25) is 0 Å². The van der Waals surface area contributed by atoms with Gasteiger partial charge in [0.15, 0.2) is 0 Å². The van der Waals surface area contributed by atoms with Crippen molar-refractivity contribution in [2.24, 2.45) is 0 Å². The maximum atomic E-state index is 12.0. The number of hydrogen-bond acceptors (Lipinski definition) is 4. The van der Waals surface area contributed by atoms with Crippen LogP contribution in [0.3, 0.4) is 0 Å². The fraction of sp³-hybridized carbons (Fsp3) is 0.357. The van der Waals surface area contributed by atoms with Crippen LogP contribution in [0.15, 0.2) is 24.3 Å². The molecule has 0 spiro atoms. The van der Waals surface area contributed by atoms with Crippen molar-refractivity contribution in [1.29, 1.82) is 5.26 Å². The van der Waals surface area contributed by atoms with E-state index in [2.05, 4.69) is 10.6 Å². The highest BCUT2D eigenvalue weighted by Crippen LogP contribution is 2.13. The van der Waals surface area contributed by atoms with Gasteiger partial charge < -0.3 is 10.6 Å². The maximum absolute atomic E-state index is 12.0. The number of rotatable bonds is 3. The summed E-state index contributed by atoms with van der Waals surface area (Å²) in [5, 5.41) is 14.4. The molecule has 2 amide bonds. The first-order chi connectivity index (χ1) is 9.61. The quantitative estimate of drug-likeness (QED) is 0.829. The van der Waals surface area contributed by atoms with Gasteiger partial charge in [0.1, 0.15) is 6.07 Å². The van der Waals surface area contributed by atoms with Crippen LogP contribution in [-0.4, -0.2) is 42.4 Å². The molecular weight excluding hydrogens is 256 g/mol. The fourth-order valence-electron chi connectivity index (χ4n) is 2.11. The third kappa shape index (κ3) is 3.13. The van der Waals surface area contributed by atoms with Crippen molar-refractivity contribution >= 4 is 17.5 Å². The molecule has 2 N–H and O–H groups in total. The summed E-state index contributed by atoms with van der Waals surface area (Å²) in [6.45, 7) is 3.09. The lowest BCUT2D eigenvalue weighted by Crippen LogP contribution is -2.55. The third-order valence-corrected chi connectivity index (χ3v) is 3.29. The summed E-state index contributed by atoms with van der Waals surface area (Å²) in [6, 6.07) is 8.54. The smallest absolute Gasteiger partial charge is 0.238 e. The Morgan fingerprint density at radius 1 is 1.55 bits per heavy atom. The van der Waals surface area contributed by atoms with Crippen LogP contribution < -0.4 is 10.6 Å². The summed E-state index contributed by atoms with van der Waals surface area (Å²) < 4.78 is 0. The molecule has 0 bridgehead atoms. The van der Waals surface area contributed by atoms with Gasteiger partial charge in [0.2, 0.25) is 11.8 Å². The zero-order valence-corrected chi connectivity index (χ0v) is 11.2. The summed E-state index contributed by atoms with van der Waals surface area (Å²) in [5.41, 5.74) is 0.916. The largest absolute Gasteiger partial charge is 0.353 e. The van der Waals surface area contributed by atoms with E-state index in [-0.39, 0.29) is 24.4 Å². The molecule has 1 heterocycles. The number of nitrogens with one attached hydrogen (secondary N) is 2. The van der Waals surface area contributed by atoms with Crippen molar-refractivity contribution in [3.05, 3.63) is 29.8 Å². The third-order valence-electron chi connectivity index (χ3n) is 3.29. The Morgan fingerprint density at radius 2 is 2.30 bits per heavy atom. The van der Waals surface area contributed by atoms with E-state index in [1.54, 1.807) is 31.2 Å². The number of carbonyl (C=O) groups is 2. The second-order valence-electron chi connectivity index (χ2n) is 4.64. The number of carbonyl (C=O) groups excluding carboxylic acids is 2. The zero-order chi connectivity index (χ0) is 14.5. The molecule has 0 radical (unpaired) electrons. The van der Waals surface area contributed by atoms with Crippen molar-refractivity contribution in [1.82, 2.24) is 10.2 Å². The first-order valence-electron chi connectivity index (χ1n) is 6.42. The molecule has 20 heavy (non-hydrogen) atoms. The van der Waals surface area contributed by atoms with E-state index in [9.17, 15) is 9.59 Å². The Labute approximate surface area is 117 Å². The maximum Gasteiger partial charge on any atom is 0.238 e. The first kappa shape index (κ1) is 14.0. The summed E-state index contributed by atoms with van der Waals surface area (Å²) in [6.07, 6.45) is 0. The average molecular weight is 272 g/mol. The van der Waals surface area contributed by atoms with E-state index < -0.39 is 0 Å². The molecule has 1 aromatic carbocycles. The highest BCUT2D eigenvalue weighted by molar-refractivity contribution is 5.94. The van der Waals surface area contributed by atoms with E-state index in [1.807, 2.05) is 11.0 Å². The number of nitrogens with zero attached hydrogens (tertiary/aromatic N) is 2. The van der Waals surface area contributed by atoms with E-state index in [4.69, 9.17) is 5.26 Å². The minimum Gasteiger partial charge on any atom is -0.353 e. The molecule has 2 rings (SSSR count). The van der Waals surface area contributed by atoms with Crippen LogP contribution in [0, 0.1) is 11.3 Å². The molecular formula is C14H16N4O2. The van der Waals surface area contributed by atoms with Gasteiger partial charge in [0.25, 0.3) is 0 Å². The average Bonchev–Trinajstić information content (AvgIpc) is 2.44. The summed E-state index contributed by atoms with van der Waals surface area (Å²) in [4.78, 5) is 25.3. The van der Waals surface area contributed by atoms with E-state index in [1.165, 1.54) is 0 Å². The zero-order valence-electron chi connectivity index (χ0n) is 11.2. The van der Waals surface area contributed by atoms with Crippen LogP contribution in [0.5, 0.6) is 0 Å². The van der Waals surface area contributed by atoms with Crippen molar-refractivity contribution in [2.45, 2.75) is 13.0 Å². The van der Waals surface area contributed by atoms with E-state index in [0.717, 1.165) is 0 Å². The molecule has 1 fully saturated rings. The van der Waals surface area contributed by atoms with Gasteiger partial charge in [-0.15, -0.1) is 0 Å². The van der Waals surface area contributed by atoms with Gasteiger partial charge in [-0.1, -0.05) is 12.1 Å². The van der Waals surface area contributed by atoms with Gasteiger partial charge in [0, 0.05) is 13.1 Å². The van der Waals surface area contributed by atoms with Crippen LogP contribution in [0.4, 0.5) is 5.69 Å². The van der Waals surface area contributed by atoms with Gasteiger partial charge >= 0.3 is 0 Å². The summed E-state index contributed by atoms with van der Waals surface area (Å²) in [5.74, 6) is -0.296. The molecule has 1 aliphatic heterocycles. The molecule has 1 atom stereocenters. The molecule has 0 aliphatic carbocycles. The molecule has 1 aromatic rings. The molecule has 104 valence electrons. The predicted molar refractivity (Wildman–Crippen MR) is 73.8 cm³/mol. The Morgan fingerprint density at radius 3 is 3.05 bits per heavy atom. The number of amides is 2. The number of hydrogen-bond donors (Lipinski definition) is 2. The second kappa shape index (κ2) is 6.17. The monoisotopic (exact) mass is 272 g/mol. The van der Waals surface area contributed by atoms with Crippen molar-refractivity contribution < 1.29 is 9.59 Å². The van der Waals surface area contributed by atoms with Gasteiger partial charge in [-0.25, -0.2) is 0 Å². The first-order valence-corrected chi connectivity index (χ1v) is 6.42. The summed E-state index contributed by atoms with van der Waals surface area (Å²) >= 11 is 0. The van der Waals surface area contributed by atoms with E-state index >= 15 is 0 Å². The van der Waals surface area contributed by atoms with Gasteiger partial charge in [-0.05, 0) is 19.1 Å². The van der Waals surface area contributed by atoms with Crippen LogP contribution in [0.1, 0.15) is 12.5 Å². The second-order valence-corrected chi connectivity index (χ2v) is 4.64. The predicted octanol–water partition coefficient (Wildman–Crippen LogP) is 0.317. The lowest BCUT2D eigenvalue weighted by atomic mass is 10.2. The molecule has 6 heteroatoms. The minimum atomic E-state index is -0.319. The van der Waals surface area contributed by atoms with Crippen molar-refractivity contribution in [3.63, 3.8) is 0 Å². The standard InChI is InChI=1S/C14H16N4O2/c1-10-14(20)16-6-7-18(10)9-13(19)17-12-5-3-2-4-11(12)8-15/h2-5,10H,6-7,9H2,1H3,(H,16,20)(H,17,19). The van der Waals surface area contributed by atoms with Gasteiger partial charge in [0.05, 0.1) is 23.8 Å². The molecule has 1 unspecified atom stereocenters. The molecule has 1 aliphatic rings. The Hall–Kier alpha value is -2.39. The highest BCUT2D eigenvalue weighted by atomic mass is 16.2. The van der Waals surface area contributed by atoms with Crippen LogP contribution in [-0.2, 0) is 9.59 Å². The van der Waals surface area contributed by atoms with Crippen LogP contribution in [0.25, 0.3) is 0 Å². The molecule has 1 saturated heterocycles. The van der Waals surface area contributed by atoms with Crippen molar-refractivity contribution in [2.75, 3.05) is 25.0 Å². The highest BCUT2D eigenvalue weighted by Gasteiger charge is 2.26. The van der Waals surface area contributed by atoms with Crippen LogP contribution >= 0.6 is 0 Å². The lowest BCUT2D eigenvalue weighted by molar-refractivity contribution is -0.129. The van der Waals surface area contributed by atoms with Gasteiger partial charge in [-0.3, -0.25) is 14.5 Å². The number of piperazine rings is 1. The molecule has 0 aromatic heterocycles. The Bertz CT molecular complexity index is 565. The normalized spacial score (nSPS) is 19.0. The molecule has 6 nitrogen and oxygen atoms in total. The SMILES string of the molecule is CC1C(=O)NCCN1CC(=O)Nc1ccccc1C#N. The number of nitriles is 1. The lowest BCUT2D eigenvalue weighted by Gasteiger charge is -2.32. The summed E-state index contributed by atoms with van der Waals surface area (Å²) in [7, 11) is 0. The van der Waals surface area contributed by atoms with Gasteiger partial charge in [-0.2, -0.15) is 5.26 Å². The van der Waals surface area contributed by atoms with E-state index in [0.29, 0.717) is 24.3 Å². The minimum absolute atomic E-state index is 0.0681.